The molecule has 0 unspecified atom stereocenters. The van der Waals surface area contributed by atoms with Crippen molar-refractivity contribution in [3.8, 4) is 5.75 Å². The summed E-state index contributed by atoms with van der Waals surface area (Å²) in [5.41, 5.74) is 4.93. The average molecular weight is 269 g/mol. The van der Waals surface area contributed by atoms with Gasteiger partial charge >= 0.3 is 0 Å². The summed E-state index contributed by atoms with van der Waals surface area (Å²) in [6, 6.07) is 3.61. The van der Waals surface area contributed by atoms with Gasteiger partial charge < -0.3 is 20.9 Å². The van der Waals surface area contributed by atoms with Gasteiger partial charge in [0, 0.05) is 6.54 Å². The number of phenolic OH excluding ortho intramolecular Hbond substituents is 1. The molecule has 1 aromatic carbocycles. The lowest BCUT2D eigenvalue weighted by Gasteiger charge is -2.22. The van der Waals surface area contributed by atoms with Gasteiger partial charge in [-0.25, -0.2) is 4.39 Å². The molecule has 0 heterocycles. The number of nitrogens with two attached hydrogens (primary N) is 1. The van der Waals surface area contributed by atoms with Crippen molar-refractivity contribution in [1.29, 1.82) is 0 Å². The number of rotatable bonds is 5. The normalized spacial score (nSPS) is 11.4. The first-order valence-electron chi connectivity index (χ1n) is 5.74. The van der Waals surface area contributed by atoms with Crippen molar-refractivity contribution in [2.75, 3.05) is 13.1 Å². The molecule has 104 valence electrons. The predicted octanol–water partition coefficient (Wildman–Crippen LogP) is 1.13. The Balaban J connectivity index is 3.05. The maximum atomic E-state index is 13.6. The molecule has 0 radical (unpaired) electrons. The van der Waals surface area contributed by atoms with Crippen molar-refractivity contribution in [3.63, 3.8) is 0 Å². The van der Waals surface area contributed by atoms with E-state index >= 15 is 0 Å². The number of phenols is 1. The fourth-order valence-corrected chi connectivity index (χ4v) is 1.63. The SMILES string of the molecule is CCCN(C/C(N)=N/O)C(=O)c1c(O)cccc1F. The summed E-state index contributed by atoms with van der Waals surface area (Å²) < 4.78 is 13.6. The quantitative estimate of drug-likeness (QED) is 0.323. The molecule has 1 rings (SSSR count). The summed E-state index contributed by atoms with van der Waals surface area (Å²) in [7, 11) is 0. The lowest BCUT2D eigenvalue weighted by Crippen LogP contribution is -2.39. The zero-order chi connectivity index (χ0) is 14.4. The number of hydrogen-bond acceptors (Lipinski definition) is 4. The van der Waals surface area contributed by atoms with Crippen molar-refractivity contribution in [2.24, 2.45) is 10.9 Å². The van der Waals surface area contributed by atoms with E-state index in [1.165, 1.54) is 17.0 Å². The highest BCUT2D eigenvalue weighted by atomic mass is 19.1. The van der Waals surface area contributed by atoms with Gasteiger partial charge in [-0.1, -0.05) is 18.1 Å². The largest absolute Gasteiger partial charge is 0.507 e. The Labute approximate surface area is 109 Å². The Morgan fingerprint density at radius 1 is 1.53 bits per heavy atom. The fourth-order valence-electron chi connectivity index (χ4n) is 1.63. The van der Waals surface area contributed by atoms with Crippen LogP contribution in [0.15, 0.2) is 23.4 Å². The molecule has 6 nitrogen and oxygen atoms in total. The first-order valence-corrected chi connectivity index (χ1v) is 5.74. The number of halogens is 1. The molecule has 4 N–H and O–H groups in total. The highest BCUT2D eigenvalue weighted by Crippen LogP contribution is 2.21. The van der Waals surface area contributed by atoms with Gasteiger partial charge in [-0.2, -0.15) is 0 Å². The minimum Gasteiger partial charge on any atom is -0.507 e. The molecular weight excluding hydrogens is 253 g/mol. The number of carbonyl (C=O) groups is 1. The number of amides is 1. The van der Waals surface area contributed by atoms with E-state index in [-0.39, 0.29) is 12.4 Å². The fraction of sp³-hybridized carbons (Fsp3) is 0.333. The molecule has 1 aromatic rings. The minimum atomic E-state index is -0.814. The minimum absolute atomic E-state index is 0.142. The maximum absolute atomic E-state index is 13.6. The molecule has 0 bridgehead atoms. The van der Waals surface area contributed by atoms with Gasteiger partial charge in [-0.05, 0) is 18.6 Å². The topological polar surface area (TPSA) is 99.1 Å². The van der Waals surface area contributed by atoms with Gasteiger partial charge in [0.05, 0.1) is 6.54 Å². The molecular formula is C12H16FN3O3. The van der Waals surface area contributed by atoms with E-state index in [9.17, 15) is 14.3 Å². The Morgan fingerprint density at radius 2 is 2.21 bits per heavy atom. The van der Waals surface area contributed by atoms with E-state index in [1.807, 2.05) is 6.92 Å². The van der Waals surface area contributed by atoms with Crippen molar-refractivity contribution in [2.45, 2.75) is 13.3 Å². The van der Waals surface area contributed by atoms with E-state index in [1.54, 1.807) is 0 Å². The number of nitrogens with zero attached hydrogens (tertiary/aromatic N) is 2. The Morgan fingerprint density at radius 3 is 2.74 bits per heavy atom. The van der Waals surface area contributed by atoms with Gasteiger partial charge in [0.15, 0.2) is 5.84 Å². The Kier molecular flexibility index (Phi) is 5.11. The van der Waals surface area contributed by atoms with Crippen molar-refractivity contribution in [1.82, 2.24) is 4.90 Å². The lowest BCUT2D eigenvalue weighted by molar-refractivity contribution is 0.0770. The summed E-state index contributed by atoms with van der Waals surface area (Å²) in [5.74, 6) is -2.13. The number of oxime groups is 1. The van der Waals surface area contributed by atoms with E-state index < -0.39 is 23.0 Å². The zero-order valence-corrected chi connectivity index (χ0v) is 10.5. The Hall–Kier alpha value is -2.31. The molecule has 0 fully saturated rings. The highest BCUT2D eigenvalue weighted by Gasteiger charge is 2.22. The third-order valence-corrected chi connectivity index (χ3v) is 2.47. The average Bonchev–Trinajstić information content (AvgIpc) is 2.37. The van der Waals surface area contributed by atoms with Crippen molar-refractivity contribution in [3.05, 3.63) is 29.6 Å². The van der Waals surface area contributed by atoms with Crippen LogP contribution in [-0.4, -0.2) is 40.0 Å². The van der Waals surface area contributed by atoms with Crippen LogP contribution < -0.4 is 5.73 Å². The highest BCUT2D eigenvalue weighted by molar-refractivity contribution is 5.99. The van der Waals surface area contributed by atoms with Crippen LogP contribution in [0.5, 0.6) is 5.75 Å². The monoisotopic (exact) mass is 269 g/mol. The standard InChI is InChI=1S/C12H16FN3O3/c1-2-6-16(7-10(14)15-19)12(18)11-8(13)4-3-5-9(11)17/h3-5,17,19H,2,6-7H2,1H3,(H2,14,15). The predicted molar refractivity (Wildman–Crippen MR) is 67.7 cm³/mol. The van der Waals surface area contributed by atoms with Gasteiger partial charge in [0.2, 0.25) is 0 Å². The third-order valence-electron chi connectivity index (χ3n) is 2.47. The number of aromatic hydroxyl groups is 1. The molecule has 1 amide bonds. The number of hydrogen-bond donors (Lipinski definition) is 3. The summed E-state index contributed by atoms with van der Waals surface area (Å²) in [5, 5.41) is 20.9. The van der Waals surface area contributed by atoms with Gasteiger partial charge in [0.1, 0.15) is 17.1 Å². The smallest absolute Gasteiger partial charge is 0.261 e. The van der Waals surface area contributed by atoms with E-state index in [0.717, 1.165) is 6.07 Å². The van der Waals surface area contributed by atoms with Gasteiger partial charge in [-0.15, -0.1) is 0 Å². The van der Waals surface area contributed by atoms with Crippen LogP contribution in [0.1, 0.15) is 23.7 Å². The number of benzene rings is 1. The summed E-state index contributed by atoms with van der Waals surface area (Å²) >= 11 is 0. The molecule has 0 saturated heterocycles. The van der Waals surface area contributed by atoms with Crippen LogP contribution in [0.2, 0.25) is 0 Å². The first kappa shape index (κ1) is 14.7. The van der Waals surface area contributed by atoms with Gasteiger partial charge in [0.25, 0.3) is 5.91 Å². The molecule has 19 heavy (non-hydrogen) atoms. The second-order valence-corrected chi connectivity index (χ2v) is 3.95. The van der Waals surface area contributed by atoms with Crippen LogP contribution in [0, 0.1) is 5.82 Å². The van der Waals surface area contributed by atoms with Crippen LogP contribution in [-0.2, 0) is 0 Å². The van der Waals surface area contributed by atoms with E-state index in [0.29, 0.717) is 13.0 Å². The molecule has 0 spiro atoms. The lowest BCUT2D eigenvalue weighted by atomic mass is 10.1. The summed E-state index contributed by atoms with van der Waals surface area (Å²) in [6.45, 7) is 1.98. The van der Waals surface area contributed by atoms with Crippen molar-refractivity contribution < 1.29 is 19.5 Å². The number of carbonyl (C=O) groups excluding carboxylic acids is 1. The first-order chi connectivity index (χ1) is 9.01. The third kappa shape index (κ3) is 3.57. The number of amidine groups is 1. The van der Waals surface area contributed by atoms with Crippen molar-refractivity contribution >= 4 is 11.7 Å². The zero-order valence-electron chi connectivity index (χ0n) is 10.5. The second kappa shape index (κ2) is 6.58. The molecule has 0 aliphatic rings. The summed E-state index contributed by atoms with van der Waals surface area (Å²) in [4.78, 5) is 13.4. The second-order valence-electron chi connectivity index (χ2n) is 3.95. The molecule has 7 heteroatoms. The molecule has 0 aromatic heterocycles. The van der Waals surface area contributed by atoms with Crippen LogP contribution in [0.3, 0.4) is 0 Å². The van der Waals surface area contributed by atoms with E-state index in [4.69, 9.17) is 10.9 Å². The van der Waals surface area contributed by atoms with Crippen LogP contribution in [0.4, 0.5) is 4.39 Å². The molecule has 0 aliphatic carbocycles. The molecule has 0 saturated carbocycles. The van der Waals surface area contributed by atoms with E-state index in [2.05, 4.69) is 5.16 Å². The maximum Gasteiger partial charge on any atom is 0.261 e. The Bertz CT molecular complexity index is 471. The molecule has 0 aliphatic heterocycles. The molecule has 0 atom stereocenters. The summed E-state index contributed by atoms with van der Waals surface area (Å²) in [6.07, 6.45) is 0.611. The van der Waals surface area contributed by atoms with Crippen LogP contribution in [0.25, 0.3) is 0 Å². The van der Waals surface area contributed by atoms with Gasteiger partial charge in [-0.3, -0.25) is 4.79 Å². The van der Waals surface area contributed by atoms with Crippen LogP contribution >= 0.6 is 0 Å².